The average Bonchev–Trinajstić information content (AvgIpc) is 2.40. The normalized spacial score (nSPS) is 15.3. The highest BCUT2D eigenvalue weighted by molar-refractivity contribution is 6.06. The molecule has 96 valence electrons. The van der Waals surface area contributed by atoms with Gasteiger partial charge in [-0.05, 0) is 50.0 Å². The number of methoxy groups -OCH3 is 1. The quantitative estimate of drug-likeness (QED) is 0.599. The molecule has 0 amide bonds. The number of hydrogen-bond acceptors (Lipinski definition) is 2. The number of rotatable bonds is 3. The molecule has 1 aromatic rings. The van der Waals surface area contributed by atoms with Gasteiger partial charge < -0.3 is 4.74 Å². The first-order chi connectivity index (χ1) is 8.70. The number of ketones is 1. The molecule has 18 heavy (non-hydrogen) atoms. The molecule has 3 heteroatoms. The van der Waals surface area contributed by atoms with Gasteiger partial charge in [0.1, 0.15) is 11.6 Å². The van der Waals surface area contributed by atoms with Crippen LogP contribution >= 0.6 is 0 Å². The van der Waals surface area contributed by atoms with E-state index in [4.69, 9.17) is 4.74 Å². The van der Waals surface area contributed by atoms with Gasteiger partial charge in [0, 0.05) is 0 Å². The molecule has 0 aliphatic heterocycles. The molecular weight excluding hydrogens is 231 g/mol. The summed E-state index contributed by atoms with van der Waals surface area (Å²) in [4.78, 5) is 12.1. The Morgan fingerprint density at radius 1 is 1.28 bits per heavy atom. The van der Waals surface area contributed by atoms with Crippen LogP contribution in [0.4, 0.5) is 4.39 Å². The van der Waals surface area contributed by atoms with E-state index in [9.17, 15) is 9.18 Å². The maximum absolute atomic E-state index is 13.2. The minimum atomic E-state index is -0.416. The van der Waals surface area contributed by atoms with Crippen molar-refractivity contribution in [3.63, 3.8) is 0 Å². The van der Waals surface area contributed by atoms with E-state index in [0.29, 0.717) is 11.3 Å². The average molecular weight is 248 g/mol. The van der Waals surface area contributed by atoms with Crippen molar-refractivity contribution in [2.75, 3.05) is 7.11 Å². The molecule has 0 unspecified atom stereocenters. The second-order valence-electron chi connectivity index (χ2n) is 4.57. The van der Waals surface area contributed by atoms with Gasteiger partial charge in [0.05, 0.1) is 12.7 Å². The van der Waals surface area contributed by atoms with E-state index in [-0.39, 0.29) is 5.78 Å². The highest BCUT2D eigenvalue weighted by Gasteiger charge is 2.13. The van der Waals surface area contributed by atoms with Crippen molar-refractivity contribution in [1.29, 1.82) is 0 Å². The number of ether oxygens (including phenoxy) is 1. The minimum Gasteiger partial charge on any atom is -0.496 e. The SMILES string of the molecule is COc1ccc(F)cc1C(=O)C=C1CCCCC1. The third kappa shape index (κ3) is 2.97. The van der Waals surface area contributed by atoms with Gasteiger partial charge >= 0.3 is 0 Å². The summed E-state index contributed by atoms with van der Waals surface area (Å²) in [5, 5.41) is 0. The van der Waals surface area contributed by atoms with Crippen LogP contribution in [0, 0.1) is 5.82 Å². The lowest BCUT2D eigenvalue weighted by molar-refractivity contribution is 0.104. The molecule has 1 saturated carbocycles. The fourth-order valence-corrected chi connectivity index (χ4v) is 2.29. The van der Waals surface area contributed by atoms with Gasteiger partial charge in [-0.2, -0.15) is 0 Å². The summed E-state index contributed by atoms with van der Waals surface area (Å²) in [6.07, 6.45) is 7.11. The molecule has 0 N–H and O–H groups in total. The van der Waals surface area contributed by atoms with Gasteiger partial charge in [-0.1, -0.05) is 12.0 Å². The van der Waals surface area contributed by atoms with Crippen LogP contribution in [0.1, 0.15) is 42.5 Å². The summed E-state index contributed by atoms with van der Waals surface area (Å²) in [6, 6.07) is 4.02. The summed E-state index contributed by atoms with van der Waals surface area (Å²) in [5.41, 5.74) is 1.47. The molecule has 1 fully saturated rings. The molecule has 0 spiro atoms. The van der Waals surface area contributed by atoms with Gasteiger partial charge in [-0.3, -0.25) is 4.79 Å². The van der Waals surface area contributed by atoms with Crippen LogP contribution in [0.3, 0.4) is 0 Å². The maximum atomic E-state index is 13.2. The van der Waals surface area contributed by atoms with E-state index in [1.54, 1.807) is 6.08 Å². The summed E-state index contributed by atoms with van der Waals surface area (Å²) in [6.45, 7) is 0. The summed E-state index contributed by atoms with van der Waals surface area (Å²) in [5.74, 6) is -0.154. The molecular formula is C15H17FO2. The highest BCUT2D eigenvalue weighted by atomic mass is 19.1. The molecule has 1 aliphatic rings. The van der Waals surface area contributed by atoms with E-state index >= 15 is 0 Å². The Kier molecular flexibility index (Phi) is 4.13. The molecule has 1 aromatic carbocycles. The Balaban J connectivity index is 2.24. The van der Waals surface area contributed by atoms with Gasteiger partial charge in [-0.15, -0.1) is 0 Å². The predicted octanol–water partition coefficient (Wildman–Crippen LogP) is 3.91. The number of benzene rings is 1. The number of allylic oxidation sites excluding steroid dienone is 2. The van der Waals surface area contributed by atoms with Gasteiger partial charge in [0.15, 0.2) is 5.78 Å². The number of halogens is 1. The predicted molar refractivity (Wildman–Crippen MR) is 68.5 cm³/mol. The summed E-state index contributed by atoms with van der Waals surface area (Å²) >= 11 is 0. The first-order valence-corrected chi connectivity index (χ1v) is 6.28. The molecule has 0 radical (unpaired) electrons. The van der Waals surface area contributed by atoms with Crippen LogP contribution in [-0.2, 0) is 0 Å². The zero-order chi connectivity index (χ0) is 13.0. The first kappa shape index (κ1) is 12.8. The van der Waals surface area contributed by atoms with E-state index < -0.39 is 5.82 Å². The van der Waals surface area contributed by atoms with Crippen LogP contribution in [0.15, 0.2) is 29.8 Å². The fourth-order valence-electron chi connectivity index (χ4n) is 2.29. The van der Waals surface area contributed by atoms with Crippen molar-refractivity contribution in [3.8, 4) is 5.75 Å². The molecule has 1 aliphatic carbocycles. The number of carbonyl (C=O) groups is 1. The lowest BCUT2D eigenvalue weighted by Crippen LogP contribution is -2.03. The van der Waals surface area contributed by atoms with Gasteiger partial charge in [-0.25, -0.2) is 4.39 Å². The van der Waals surface area contributed by atoms with Crippen molar-refractivity contribution in [3.05, 3.63) is 41.2 Å². The van der Waals surface area contributed by atoms with E-state index in [0.717, 1.165) is 31.3 Å². The molecule has 2 nitrogen and oxygen atoms in total. The highest BCUT2D eigenvalue weighted by Crippen LogP contribution is 2.25. The topological polar surface area (TPSA) is 26.3 Å². The number of carbonyl (C=O) groups excluding carboxylic acids is 1. The van der Waals surface area contributed by atoms with Crippen LogP contribution in [0.5, 0.6) is 5.75 Å². The van der Waals surface area contributed by atoms with Crippen molar-refractivity contribution >= 4 is 5.78 Å². The van der Waals surface area contributed by atoms with Crippen LogP contribution in [0.2, 0.25) is 0 Å². The summed E-state index contributed by atoms with van der Waals surface area (Å²) in [7, 11) is 1.48. The molecule has 0 aromatic heterocycles. The van der Waals surface area contributed by atoms with Crippen LogP contribution < -0.4 is 4.74 Å². The van der Waals surface area contributed by atoms with E-state index in [2.05, 4.69) is 0 Å². The molecule has 0 bridgehead atoms. The van der Waals surface area contributed by atoms with Crippen molar-refractivity contribution in [2.45, 2.75) is 32.1 Å². The standard InChI is InChI=1S/C15H17FO2/c1-18-15-8-7-12(16)10-13(15)14(17)9-11-5-3-2-4-6-11/h7-10H,2-6H2,1H3. The zero-order valence-electron chi connectivity index (χ0n) is 10.5. The number of hydrogen-bond donors (Lipinski definition) is 0. The largest absolute Gasteiger partial charge is 0.496 e. The Bertz CT molecular complexity index is 469. The molecule has 0 saturated heterocycles. The van der Waals surface area contributed by atoms with E-state index in [1.807, 2.05) is 0 Å². The Morgan fingerprint density at radius 3 is 2.67 bits per heavy atom. The third-order valence-corrected chi connectivity index (χ3v) is 3.26. The van der Waals surface area contributed by atoms with Crippen molar-refractivity contribution in [1.82, 2.24) is 0 Å². The summed E-state index contributed by atoms with van der Waals surface area (Å²) < 4.78 is 18.3. The third-order valence-electron chi connectivity index (χ3n) is 3.26. The van der Waals surface area contributed by atoms with Crippen molar-refractivity contribution < 1.29 is 13.9 Å². The van der Waals surface area contributed by atoms with E-state index in [1.165, 1.54) is 31.7 Å². The first-order valence-electron chi connectivity index (χ1n) is 6.28. The fraction of sp³-hybridized carbons (Fsp3) is 0.400. The van der Waals surface area contributed by atoms with Gasteiger partial charge in [0.25, 0.3) is 0 Å². The Morgan fingerprint density at radius 2 is 2.00 bits per heavy atom. The second kappa shape index (κ2) is 5.80. The monoisotopic (exact) mass is 248 g/mol. The lowest BCUT2D eigenvalue weighted by Gasteiger charge is -2.13. The molecule has 0 heterocycles. The molecule has 2 rings (SSSR count). The van der Waals surface area contributed by atoms with Gasteiger partial charge in [0.2, 0.25) is 0 Å². The Labute approximate surface area is 106 Å². The minimum absolute atomic E-state index is 0.164. The maximum Gasteiger partial charge on any atom is 0.189 e. The lowest BCUT2D eigenvalue weighted by atomic mass is 9.93. The van der Waals surface area contributed by atoms with Crippen LogP contribution in [-0.4, -0.2) is 12.9 Å². The smallest absolute Gasteiger partial charge is 0.189 e. The van der Waals surface area contributed by atoms with Crippen molar-refractivity contribution in [2.24, 2.45) is 0 Å². The van der Waals surface area contributed by atoms with Crippen LogP contribution in [0.25, 0.3) is 0 Å². The molecule has 0 atom stereocenters. The zero-order valence-corrected chi connectivity index (χ0v) is 10.5. The second-order valence-corrected chi connectivity index (χ2v) is 4.57. The Hall–Kier alpha value is -1.64.